The summed E-state index contributed by atoms with van der Waals surface area (Å²) in [6.07, 6.45) is 9.67. The molecule has 1 nitrogen and oxygen atoms in total. The summed E-state index contributed by atoms with van der Waals surface area (Å²) in [5.41, 5.74) is 0.285. The lowest BCUT2D eigenvalue weighted by Crippen LogP contribution is -2.42. The first kappa shape index (κ1) is 12.8. The van der Waals surface area contributed by atoms with Crippen molar-refractivity contribution in [3.8, 4) is 0 Å². The van der Waals surface area contributed by atoms with Gasteiger partial charge in [0.15, 0.2) is 0 Å². The maximum atomic E-state index is 6.14. The molecular formula is C14H23BrOS. The third-order valence-corrected chi connectivity index (χ3v) is 6.97. The Balaban J connectivity index is 1.62. The van der Waals surface area contributed by atoms with Crippen molar-refractivity contribution in [3.63, 3.8) is 0 Å². The second-order valence-corrected chi connectivity index (χ2v) is 8.51. The van der Waals surface area contributed by atoms with Crippen LogP contribution >= 0.6 is 27.7 Å². The highest BCUT2D eigenvalue weighted by Gasteiger charge is 2.42. The summed E-state index contributed by atoms with van der Waals surface area (Å²) in [6, 6.07) is 0. The smallest absolute Gasteiger partial charge is 0.0783 e. The van der Waals surface area contributed by atoms with Crippen LogP contribution in [0, 0.1) is 11.8 Å². The van der Waals surface area contributed by atoms with E-state index in [-0.39, 0.29) is 5.60 Å². The first-order valence-electron chi connectivity index (χ1n) is 7.13. The molecule has 2 aliphatic heterocycles. The Kier molecular flexibility index (Phi) is 4.08. The van der Waals surface area contributed by atoms with Gasteiger partial charge in [0.05, 0.1) is 5.60 Å². The van der Waals surface area contributed by atoms with Crippen LogP contribution in [0.3, 0.4) is 0 Å². The monoisotopic (exact) mass is 318 g/mol. The maximum absolute atomic E-state index is 6.14. The van der Waals surface area contributed by atoms with Gasteiger partial charge in [-0.2, -0.15) is 11.8 Å². The summed E-state index contributed by atoms with van der Waals surface area (Å²) < 4.78 is 6.14. The van der Waals surface area contributed by atoms with Gasteiger partial charge in [0.2, 0.25) is 0 Å². The molecule has 2 saturated heterocycles. The van der Waals surface area contributed by atoms with Crippen molar-refractivity contribution >= 4 is 27.7 Å². The average Bonchev–Trinajstić information content (AvgIpc) is 2.77. The van der Waals surface area contributed by atoms with Crippen LogP contribution in [0.5, 0.6) is 0 Å². The van der Waals surface area contributed by atoms with Crippen LogP contribution in [0.25, 0.3) is 0 Å². The summed E-state index contributed by atoms with van der Waals surface area (Å²) in [5, 5.41) is 0. The summed E-state index contributed by atoms with van der Waals surface area (Å²) in [4.78, 5) is 0.790. The van der Waals surface area contributed by atoms with E-state index in [1.54, 1.807) is 0 Å². The van der Waals surface area contributed by atoms with Gasteiger partial charge in [-0.1, -0.05) is 28.8 Å². The largest absolute Gasteiger partial charge is 0.374 e. The fraction of sp³-hybridized carbons (Fsp3) is 1.00. The van der Waals surface area contributed by atoms with E-state index in [1.165, 1.54) is 56.5 Å². The predicted octanol–water partition coefficient (Wildman–Crippen LogP) is 4.24. The molecule has 1 aliphatic carbocycles. The van der Waals surface area contributed by atoms with Gasteiger partial charge < -0.3 is 4.74 Å². The summed E-state index contributed by atoms with van der Waals surface area (Å²) >= 11 is 5.93. The normalized spacial score (nSPS) is 47.5. The number of alkyl halides is 1. The predicted molar refractivity (Wildman–Crippen MR) is 78.0 cm³/mol. The van der Waals surface area contributed by atoms with E-state index >= 15 is 0 Å². The molecule has 98 valence electrons. The lowest BCUT2D eigenvalue weighted by atomic mass is 9.72. The van der Waals surface area contributed by atoms with Crippen LogP contribution < -0.4 is 0 Å². The second kappa shape index (κ2) is 5.42. The lowest BCUT2D eigenvalue weighted by molar-refractivity contribution is -0.0913. The van der Waals surface area contributed by atoms with Gasteiger partial charge in [-0.15, -0.1) is 0 Å². The number of thioether (sulfide) groups is 1. The van der Waals surface area contributed by atoms with Gasteiger partial charge in [0.25, 0.3) is 0 Å². The summed E-state index contributed by atoms with van der Waals surface area (Å²) in [7, 11) is 0. The molecule has 3 rings (SSSR count). The molecule has 1 saturated carbocycles. The third kappa shape index (κ3) is 2.87. The van der Waals surface area contributed by atoms with Crippen LogP contribution in [0.15, 0.2) is 0 Å². The van der Waals surface area contributed by atoms with Crippen molar-refractivity contribution in [2.75, 3.05) is 18.1 Å². The molecule has 4 atom stereocenters. The summed E-state index contributed by atoms with van der Waals surface area (Å²) in [6.45, 7) is 1.02. The lowest BCUT2D eigenvalue weighted by Gasteiger charge is -2.42. The van der Waals surface area contributed by atoms with Crippen molar-refractivity contribution in [2.24, 2.45) is 11.8 Å². The van der Waals surface area contributed by atoms with Crippen LogP contribution in [0.4, 0.5) is 0 Å². The molecule has 3 fully saturated rings. The van der Waals surface area contributed by atoms with E-state index in [2.05, 4.69) is 27.7 Å². The molecule has 0 N–H and O–H groups in total. The zero-order valence-electron chi connectivity index (χ0n) is 10.5. The molecule has 1 spiro atoms. The van der Waals surface area contributed by atoms with Crippen LogP contribution in [-0.4, -0.2) is 28.5 Å². The molecule has 0 aromatic rings. The van der Waals surface area contributed by atoms with Crippen molar-refractivity contribution in [2.45, 2.75) is 55.4 Å². The number of hydrogen-bond acceptors (Lipinski definition) is 2. The van der Waals surface area contributed by atoms with E-state index in [0.29, 0.717) is 0 Å². The van der Waals surface area contributed by atoms with Gasteiger partial charge in [0.1, 0.15) is 0 Å². The van der Waals surface area contributed by atoms with Crippen molar-refractivity contribution in [1.29, 1.82) is 0 Å². The molecule has 3 aliphatic rings. The van der Waals surface area contributed by atoms with Gasteiger partial charge in [0, 0.05) is 17.2 Å². The Morgan fingerprint density at radius 3 is 2.88 bits per heavy atom. The van der Waals surface area contributed by atoms with Crippen molar-refractivity contribution < 1.29 is 4.74 Å². The minimum absolute atomic E-state index is 0.285. The molecule has 4 unspecified atom stereocenters. The molecular weight excluding hydrogens is 296 g/mol. The summed E-state index contributed by atoms with van der Waals surface area (Å²) in [5.74, 6) is 4.49. The average molecular weight is 319 g/mol. The van der Waals surface area contributed by atoms with E-state index in [4.69, 9.17) is 4.74 Å². The number of rotatable bonds is 1. The Bertz CT molecular complexity index is 265. The number of halogens is 1. The highest BCUT2D eigenvalue weighted by molar-refractivity contribution is 9.09. The van der Waals surface area contributed by atoms with Gasteiger partial charge in [-0.05, 0) is 49.7 Å². The fourth-order valence-electron chi connectivity index (χ4n) is 3.93. The number of ether oxygens (including phenoxy) is 1. The zero-order valence-corrected chi connectivity index (χ0v) is 12.9. The minimum atomic E-state index is 0.285. The maximum Gasteiger partial charge on any atom is 0.0783 e. The zero-order chi connectivity index (χ0) is 11.7. The van der Waals surface area contributed by atoms with Crippen LogP contribution in [-0.2, 0) is 4.74 Å². The van der Waals surface area contributed by atoms with Gasteiger partial charge in [-0.3, -0.25) is 0 Å². The Morgan fingerprint density at radius 2 is 2.12 bits per heavy atom. The van der Waals surface area contributed by atoms with Gasteiger partial charge in [-0.25, -0.2) is 0 Å². The highest BCUT2D eigenvalue weighted by Crippen LogP contribution is 2.45. The quantitative estimate of drug-likeness (QED) is 0.669. The van der Waals surface area contributed by atoms with Crippen LogP contribution in [0.2, 0.25) is 0 Å². The van der Waals surface area contributed by atoms with Crippen molar-refractivity contribution in [3.05, 3.63) is 0 Å². The van der Waals surface area contributed by atoms with E-state index in [0.717, 1.165) is 23.3 Å². The number of hydrogen-bond donors (Lipinski definition) is 0. The Hall–Kier alpha value is 0.790. The first-order valence-corrected chi connectivity index (χ1v) is 9.20. The molecule has 0 bridgehead atoms. The minimum Gasteiger partial charge on any atom is -0.374 e. The Morgan fingerprint density at radius 1 is 1.18 bits per heavy atom. The molecule has 2 heterocycles. The molecule has 17 heavy (non-hydrogen) atoms. The van der Waals surface area contributed by atoms with Gasteiger partial charge >= 0.3 is 0 Å². The topological polar surface area (TPSA) is 9.23 Å². The molecule has 0 radical (unpaired) electrons. The van der Waals surface area contributed by atoms with Crippen molar-refractivity contribution in [1.82, 2.24) is 0 Å². The fourth-order valence-corrected chi connectivity index (χ4v) is 6.11. The SMILES string of the molecule is BrC1CCCC(C2CCOC3(CCSC3)C2)C1. The molecule has 0 aromatic heterocycles. The molecule has 0 amide bonds. The van der Waals surface area contributed by atoms with Crippen LogP contribution in [0.1, 0.15) is 44.9 Å². The third-order valence-electron chi connectivity index (χ3n) is 4.92. The molecule has 3 heteroatoms. The van der Waals surface area contributed by atoms with E-state index < -0.39 is 0 Å². The van der Waals surface area contributed by atoms with E-state index in [1.807, 2.05) is 0 Å². The second-order valence-electron chi connectivity index (χ2n) is 6.11. The standard InChI is InChI=1S/C14H23BrOS/c15-13-3-1-2-11(8-13)12-4-6-16-14(9-12)5-7-17-10-14/h11-13H,1-10H2. The highest BCUT2D eigenvalue weighted by atomic mass is 79.9. The molecule has 0 aromatic carbocycles. The first-order chi connectivity index (χ1) is 8.27. The van der Waals surface area contributed by atoms with E-state index in [9.17, 15) is 0 Å². The Labute approximate surface area is 118 Å².